The van der Waals surface area contributed by atoms with Crippen molar-refractivity contribution in [3.05, 3.63) is 71.8 Å². The van der Waals surface area contributed by atoms with Gasteiger partial charge in [-0.1, -0.05) is 30.8 Å². The van der Waals surface area contributed by atoms with E-state index in [1.54, 1.807) is 24.3 Å². The molecule has 1 aliphatic rings. The first-order valence-corrected chi connectivity index (χ1v) is 8.29. The van der Waals surface area contributed by atoms with Crippen molar-refractivity contribution in [2.24, 2.45) is 0 Å². The lowest BCUT2D eigenvalue weighted by atomic mass is 9.90. The fourth-order valence-corrected chi connectivity index (χ4v) is 3.90. The van der Waals surface area contributed by atoms with Crippen LogP contribution in [0.4, 0.5) is 0 Å². The molecule has 24 heavy (non-hydrogen) atoms. The zero-order valence-corrected chi connectivity index (χ0v) is 13.8. The molecule has 0 saturated carbocycles. The number of carboxylic acid groups (broad SMARTS) is 1. The Bertz CT molecular complexity index is 824. The summed E-state index contributed by atoms with van der Waals surface area (Å²) in [6.45, 7) is 4.83. The van der Waals surface area contributed by atoms with Crippen LogP contribution in [0.5, 0.6) is 0 Å². The number of carbonyl (C=O) groups is 1. The van der Waals surface area contributed by atoms with Crippen molar-refractivity contribution in [2.45, 2.75) is 17.4 Å². The normalized spacial score (nSPS) is 17.1. The Balaban J connectivity index is 1.88. The topological polar surface area (TPSA) is 64.3 Å². The van der Waals surface area contributed by atoms with E-state index in [0.29, 0.717) is 13.0 Å². The molecule has 0 radical (unpaired) electrons. The number of carboxylic acids is 1. The standard InChI is InChI=1S/C19H16N2O2S/c1-13-12-21(24-15-8-6-14(7-9-15)19(22)23)18(10-11-20)17-5-3-2-4-16(13)17/h2-9,18H,1,10,12H2,(H,22,23). The summed E-state index contributed by atoms with van der Waals surface area (Å²) in [7, 11) is 0. The summed E-state index contributed by atoms with van der Waals surface area (Å²) in [5.74, 6) is -0.936. The number of fused-ring (bicyclic) bond motifs is 1. The van der Waals surface area contributed by atoms with Crippen LogP contribution in [-0.4, -0.2) is 21.9 Å². The molecule has 1 heterocycles. The van der Waals surface area contributed by atoms with Gasteiger partial charge in [0.15, 0.2) is 0 Å². The Hall–Kier alpha value is -2.55. The third-order valence-electron chi connectivity index (χ3n) is 4.00. The van der Waals surface area contributed by atoms with Crippen LogP contribution in [0.1, 0.15) is 33.9 Å². The van der Waals surface area contributed by atoms with Crippen LogP contribution in [0.2, 0.25) is 0 Å². The minimum Gasteiger partial charge on any atom is -0.478 e. The zero-order valence-electron chi connectivity index (χ0n) is 13.0. The molecule has 2 aromatic carbocycles. The second-order valence-corrected chi connectivity index (χ2v) is 6.69. The van der Waals surface area contributed by atoms with Crippen molar-refractivity contribution in [3.63, 3.8) is 0 Å². The van der Waals surface area contributed by atoms with E-state index in [0.717, 1.165) is 21.6 Å². The maximum atomic E-state index is 11.0. The average molecular weight is 336 g/mol. The first-order chi connectivity index (χ1) is 11.6. The van der Waals surface area contributed by atoms with Crippen LogP contribution in [0.15, 0.2) is 60.0 Å². The zero-order chi connectivity index (χ0) is 17.1. The Morgan fingerprint density at radius 1 is 1.29 bits per heavy atom. The smallest absolute Gasteiger partial charge is 0.335 e. The van der Waals surface area contributed by atoms with Crippen molar-refractivity contribution in [2.75, 3.05) is 6.54 Å². The lowest BCUT2D eigenvalue weighted by Gasteiger charge is -2.36. The highest BCUT2D eigenvalue weighted by atomic mass is 32.2. The molecule has 0 aliphatic carbocycles. The van der Waals surface area contributed by atoms with Crippen LogP contribution in [0, 0.1) is 11.3 Å². The maximum Gasteiger partial charge on any atom is 0.335 e. The minimum atomic E-state index is -0.936. The fraction of sp³-hybridized carbons (Fsp3) is 0.158. The SMILES string of the molecule is C=C1CN(Sc2ccc(C(=O)O)cc2)C(CC#N)c2ccccc21. The molecule has 1 aliphatic heterocycles. The van der Waals surface area contributed by atoms with Gasteiger partial charge in [0.2, 0.25) is 0 Å². The molecule has 2 aromatic rings. The van der Waals surface area contributed by atoms with Crippen molar-refractivity contribution in [3.8, 4) is 6.07 Å². The van der Waals surface area contributed by atoms with Crippen LogP contribution >= 0.6 is 11.9 Å². The predicted molar refractivity (Wildman–Crippen MR) is 94.4 cm³/mol. The molecule has 0 bridgehead atoms. The van der Waals surface area contributed by atoms with Gasteiger partial charge in [-0.15, -0.1) is 0 Å². The molecule has 4 nitrogen and oxygen atoms in total. The van der Waals surface area contributed by atoms with Gasteiger partial charge in [-0.05, 0) is 52.9 Å². The first kappa shape index (κ1) is 16.3. The van der Waals surface area contributed by atoms with Gasteiger partial charge in [0, 0.05) is 11.4 Å². The number of hydrogen-bond acceptors (Lipinski definition) is 4. The fourth-order valence-electron chi connectivity index (χ4n) is 2.84. The van der Waals surface area contributed by atoms with Gasteiger partial charge in [-0.25, -0.2) is 9.10 Å². The molecule has 5 heteroatoms. The van der Waals surface area contributed by atoms with Crippen LogP contribution in [0.3, 0.4) is 0 Å². The van der Waals surface area contributed by atoms with Gasteiger partial charge in [0.05, 0.1) is 24.1 Å². The number of nitriles is 1. The number of benzene rings is 2. The molecule has 0 spiro atoms. The van der Waals surface area contributed by atoms with Gasteiger partial charge in [-0.3, -0.25) is 0 Å². The van der Waals surface area contributed by atoms with Gasteiger partial charge in [-0.2, -0.15) is 5.26 Å². The Labute approximate surface area is 145 Å². The molecule has 0 aromatic heterocycles. The van der Waals surface area contributed by atoms with Gasteiger partial charge in [0.1, 0.15) is 0 Å². The van der Waals surface area contributed by atoms with E-state index in [-0.39, 0.29) is 11.6 Å². The van der Waals surface area contributed by atoms with E-state index < -0.39 is 5.97 Å². The molecular weight excluding hydrogens is 320 g/mol. The lowest BCUT2D eigenvalue weighted by molar-refractivity contribution is 0.0697. The highest BCUT2D eigenvalue weighted by Crippen LogP contribution is 2.42. The van der Waals surface area contributed by atoms with Crippen molar-refractivity contribution < 1.29 is 9.90 Å². The molecule has 0 amide bonds. The maximum absolute atomic E-state index is 11.0. The molecule has 1 unspecified atom stereocenters. The second-order valence-electron chi connectivity index (χ2n) is 5.56. The Kier molecular flexibility index (Phi) is 4.70. The summed E-state index contributed by atoms with van der Waals surface area (Å²) in [6.07, 6.45) is 0.393. The number of aromatic carboxylic acids is 1. The van der Waals surface area contributed by atoms with E-state index in [9.17, 15) is 10.1 Å². The van der Waals surface area contributed by atoms with Gasteiger partial charge in [0.25, 0.3) is 0 Å². The van der Waals surface area contributed by atoms with Crippen molar-refractivity contribution >= 4 is 23.5 Å². The molecule has 1 atom stereocenters. The van der Waals surface area contributed by atoms with Crippen molar-refractivity contribution in [1.29, 1.82) is 5.26 Å². The second kappa shape index (κ2) is 6.91. The third kappa shape index (κ3) is 3.21. The first-order valence-electron chi connectivity index (χ1n) is 7.52. The Morgan fingerprint density at radius 3 is 2.67 bits per heavy atom. The number of rotatable bonds is 4. The number of hydrogen-bond donors (Lipinski definition) is 1. The molecule has 120 valence electrons. The van der Waals surface area contributed by atoms with Crippen LogP contribution < -0.4 is 0 Å². The highest BCUT2D eigenvalue weighted by molar-refractivity contribution is 7.97. The third-order valence-corrected chi connectivity index (χ3v) is 5.10. The van der Waals surface area contributed by atoms with Gasteiger partial charge >= 0.3 is 5.97 Å². The Morgan fingerprint density at radius 2 is 2.00 bits per heavy atom. The lowest BCUT2D eigenvalue weighted by Crippen LogP contribution is -2.29. The molecular formula is C19H16N2O2S. The van der Waals surface area contributed by atoms with E-state index in [1.807, 2.05) is 24.3 Å². The summed E-state index contributed by atoms with van der Waals surface area (Å²) in [5, 5.41) is 18.2. The average Bonchev–Trinajstić information content (AvgIpc) is 2.59. The van der Waals surface area contributed by atoms with Crippen LogP contribution in [0.25, 0.3) is 5.57 Å². The van der Waals surface area contributed by atoms with E-state index in [2.05, 4.69) is 17.0 Å². The van der Waals surface area contributed by atoms with Gasteiger partial charge < -0.3 is 5.11 Å². The van der Waals surface area contributed by atoms with E-state index in [1.165, 1.54) is 11.9 Å². The summed E-state index contributed by atoms with van der Waals surface area (Å²) < 4.78 is 2.14. The summed E-state index contributed by atoms with van der Waals surface area (Å²) in [4.78, 5) is 11.9. The molecule has 0 saturated heterocycles. The summed E-state index contributed by atoms with van der Waals surface area (Å²) in [5.41, 5.74) is 3.52. The monoisotopic (exact) mass is 336 g/mol. The quantitative estimate of drug-likeness (QED) is 0.840. The van der Waals surface area contributed by atoms with E-state index >= 15 is 0 Å². The molecule has 3 rings (SSSR count). The molecule has 0 fully saturated rings. The molecule has 1 N–H and O–H groups in total. The van der Waals surface area contributed by atoms with Crippen molar-refractivity contribution in [1.82, 2.24) is 4.31 Å². The summed E-state index contributed by atoms with van der Waals surface area (Å²) in [6, 6.07) is 17.1. The highest BCUT2D eigenvalue weighted by Gasteiger charge is 2.29. The predicted octanol–water partition coefficient (Wildman–Crippen LogP) is 4.38. The van der Waals surface area contributed by atoms with Crippen LogP contribution in [-0.2, 0) is 0 Å². The summed E-state index contributed by atoms with van der Waals surface area (Å²) >= 11 is 1.53. The van der Waals surface area contributed by atoms with E-state index in [4.69, 9.17) is 5.11 Å². The minimum absolute atomic E-state index is 0.0131. The number of nitrogens with zero attached hydrogens (tertiary/aromatic N) is 2. The largest absolute Gasteiger partial charge is 0.478 e.